The number of amides is 2. The van der Waals surface area contributed by atoms with Crippen molar-refractivity contribution >= 4 is 11.8 Å². The summed E-state index contributed by atoms with van der Waals surface area (Å²) < 4.78 is 37.4. The van der Waals surface area contributed by atoms with Gasteiger partial charge in [-0.3, -0.25) is 9.59 Å². The molecule has 0 atom stereocenters. The minimum Gasteiger partial charge on any atom is -0.347 e. The fraction of sp³-hybridized carbons (Fsp3) is 0.818. The quantitative estimate of drug-likeness (QED) is 0.796. The summed E-state index contributed by atoms with van der Waals surface area (Å²) in [6.07, 6.45) is -4.56. The van der Waals surface area contributed by atoms with E-state index in [1.165, 1.54) is 27.9 Å². The van der Waals surface area contributed by atoms with Crippen LogP contribution in [0, 0.1) is 5.41 Å². The van der Waals surface area contributed by atoms with E-state index in [0.29, 0.717) is 4.90 Å². The molecule has 0 aromatic rings. The van der Waals surface area contributed by atoms with Crippen LogP contribution in [0.3, 0.4) is 0 Å². The average molecular weight is 283 g/mol. The number of hydrogen-bond donors (Lipinski definition) is 1. The zero-order chi connectivity index (χ0) is 15.4. The Morgan fingerprint density at radius 3 is 1.95 bits per heavy atom. The minimum absolute atomic E-state index is 0.101. The molecule has 0 fully saturated rings. The van der Waals surface area contributed by atoms with Crippen molar-refractivity contribution in [2.24, 2.45) is 11.1 Å². The lowest BCUT2D eigenvalue weighted by Crippen LogP contribution is -2.51. The Balaban J connectivity index is 5.07. The van der Waals surface area contributed by atoms with Crippen LogP contribution in [0.25, 0.3) is 0 Å². The SMILES string of the molecule is CN(C)C(=O)CN(CC(F)(F)F)C(=O)C(C)(C)CN. The van der Waals surface area contributed by atoms with E-state index in [9.17, 15) is 22.8 Å². The van der Waals surface area contributed by atoms with Gasteiger partial charge in [0, 0.05) is 20.6 Å². The summed E-state index contributed by atoms with van der Waals surface area (Å²) in [6.45, 7) is 0.706. The second kappa shape index (κ2) is 6.23. The highest BCUT2D eigenvalue weighted by atomic mass is 19.4. The van der Waals surface area contributed by atoms with Crippen LogP contribution in [-0.2, 0) is 9.59 Å². The van der Waals surface area contributed by atoms with Gasteiger partial charge in [-0.2, -0.15) is 13.2 Å². The molecule has 0 heterocycles. The molecule has 8 heteroatoms. The van der Waals surface area contributed by atoms with Crippen molar-refractivity contribution in [3.8, 4) is 0 Å². The van der Waals surface area contributed by atoms with Crippen molar-refractivity contribution in [1.82, 2.24) is 9.80 Å². The molecule has 0 aromatic carbocycles. The highest BCUT2D eigenvalue weighted by Gasteiger charge is 2.39. The molecular formula is C11H20F3N3O2. The van der Waals surface area contributed by atoms with E-state index in [1.807, 2.05) is 0 Å². The molecule has 0 aliphatic carbocycles. The first-order valence-corrected chi connectivity index (χ1v) is 5.67. The average Bonchev–Trinajstić information content (AvgIpc) is 2.24. The number of carbonyl (C=O) groups is 2. The van der Waals surface area contributed by atoms with Crippen LogP contribution < -0.4 is 5.73 Å². The van der Waals surface area contributed by atoms with Crippen LogP contribution in [0.15, 0.2) is 0 Å². The molecule has 112 valence electrons. The molecule has 0 unspecified atom stereocenters. The topological polar surface area (TPSA) is 66.6 Å². The summed E-state index contributed by atoms with van der Waals surface area (Å²) >= 11 is 0. The Kier molecular flexibility index (Phi) is 5.80. The first kappa shape index (κ1) is 17.7. The molecule has 0 radical (unpaired) electrons. The first-order valence-electron chi connectivity index (χ1n) is 5.67. The maximum atomic E-state index is 12.5. The summed E-state index contributed by atoms with van der Waals surface area (Å²) in [5.74, 6) is -1.37. The summed E-state index contributed by atoms with van der Waals surface area (Å²) in [7, 11) is 2.82. The predicted molar refractivity (Wildman–Crippen MR) is 64.2 cm³/mol. The molecule has 2 N–H and O–H groups in total. The lowest BCUT2D eigenvalue weighted by Gasteiger charge is -2.31. The number of rotatable bonds is 5. The number of halogens is 3. The van der Waals surface area contributed by atoms with Gasteiger partial charge in [0.15, 0.2) is 0 Å². The third-order valence-corrected chi connectivity index (χ3v) is 2.57. The largest absolute Gasteiger partial charge is 0.406 e. The predicted octanol–water partition coefficient (Wildman–Crippen LogP) is 0.450. The smallest absolute Gasteiger partial charge is 0.347 e. The van der Waals surface area contributed by atoms with E-state index in [4.69, 9.17) is 5.73 Å². The molecule has 0 aliphatic rings. The highest BCUT2D eigenvalue weighted by Crippen LogP contribution is 2.22. The second-order valence-electron chi connectivity index (χ2n) is 5.15. The molecule has 0 spiro atoms. The molecule has 2 amide bonds. The third-order valence-electron chi connectivity index (χ3n) is 2.57. The number of alkyl halides is 3. The number of nitrogens with two attached hydrogens (primary N) is 1. The first-order chi connectivity index (χ1) is 8.40. The van der Waals surface area contributed by atoms with Gasteiger partial charge in [0.1, 0.15) is 13.1 Å². The van der Waals surface area contributed by atoms with Crippen molar-refractivity contribution < 1.29 is 22.8 Å². The zero-order valence-electron chi connectivity index (χ0n) is 11.5. The fourth-order valence-corrected chi connectivity index (χ4v) is 1.24. The van der Waals surface area contributed by atoms with Crippen molar-refractivity contribution in [3.63, 3.8) is 0 Å². The monoisotopic (exact) mass is 283 g/mol. The highest BCUT2D eigenvalue weighted by molar-refractivity contribution is 5.87. The molecule has 0 saturated carbocycles. The van der Waals surface area contributed by atoms with E-state index in [2.05, 4.69) is 0 Å². The summed E-state index contributed by atoms with van der Waals surface area (Å²) in [5, 5.41) is 0. The van der Waals surface area contributed by atoms with E-state index in [-0.39, 0.29) is 6.54 Å². The van der Waals surface area contributed by atoms with E-state index < -0.39 is 36.5 Å². The lowest BCUT2D eigenvalue weighted by molar-refractivity contribution is -0.168. The van der Waals surface area contributed by atoms with Crippen LogP contribution in [0.1, 0.15) is 13.8 Å². The van der Waals surface area contributed by atoms with Gasteiger partial charge in [0.2, 0.25) is 11.8 Å². The van der Waals surface area contributed by atoms with Crippen LogP contribution in [-0.4, -0.2) is 61.5 Å². The Morgan fingerprint density at radius 2 is 1.63 bits per heavy atom. The van der Waals surface area contributed by atoms with Crippen molar-refractivity contribution in [1.29, 1.82) is 0 Å². The molecule has 0 bridgehead atoms. The summed E-state index contributed by atoms with van der Waals surface area (Å²) in [6, 6.07) is 0. The molecule has 0 rings (SSSR count). The second-order valence-corrected chi connectivity index (χ2v) is 5.15. The van der Waals surface area contributed by atoms with Gasteiger partial charge in [0.25, 0.3) is 0 Å². The standard InChI is InChI=1S/C11H20F3N3O2/c1-10(2,6-15)9(19)17(7-11(12,13)14)5-8(18)16(3)4/h5-7,15H2,1-4H3. The van der Waals surface area contributed by atoms with Gasteiger partial charge < -0.3 is 15.5 Å². The van der Waals surface area contributed by atoms with E-state index in [0.717, 1.165) is 4.90 Å². The fourth-order valence-electron chi connectivity index (χ4n) is 1.24. The molecule has 0 saturated heterocycles. The van der Waals surface area contributed by atoms with Gasteiger partial charge in [-0.15, -0.1) is 0 Å². The minimum atomic E-state index is -4.56. The molecular weight excluding hydrogens is 263 g/mol. The molecule has 0 aromatic heterocycles. The maximum Gasteiger partial charge on any atom is 0.406 e. The number of carbonyl (C=O) groups excluding carboxylic acids is 2. The molecule has 0 aliphatic heterocycles. The van der Waals surface area contributed by atoms with Crippen LogP contribution in [0.4, 0.5) is 13.2 Å². The van der Waals surface area contributed by atoms with Crippen molar-refractivity contribution in [2.75, 3.05) is 33.7 Å². The van der Waals surface area contributed by atoms with Crippen molar-refractivity contribution in [2.45, 2.75) is 20.0 Å². The van der Waals surface area contributed by atoms with Gasteiger partial charge in [-0.05, 0) is 13.8 Å². The van der Waals surface area contributed by atoms with Crippen LogP contribution in [0.5, 0.6) is 0 Å². The lowest BCUT2D eigenvalue weighted by atomic mass is 9.92. The Labute approximate surface area is 110 Å². The van der Waals surface area contributed by atoms with Crippen molar-refractivity contribution in [3.05, 3.63) is 0 Å². The zero-order valence-corrected chi connectivity index (χ0v) is 11.5. The van der Waals surface area contributed by atoms with Gasteiger partial charge >= 0.3 is 6.18 Å². The summed E-state index contributed by atoms with van der Waals surface area (Å²) in [5.41, 5.74) is 4.23. The number of likely N-dealkylation sites (N-methyl/N-ethyl adjacent to an activating group) is 1. The van der Waals surface area contributed by atoms with Crippen LogP contribution >= 0.6 is 0 Å². The van der Waals surface area contributed by atoms with E-state index >= 15 is 0 Å². The van der Waals surface area contributed by atoms with Gasteiger partial charge in [0.05, 0.1) is 5.41 Å². The van der Waals surface area contributed by atoms with Crippen LogP contribution in [0.2, 0.25) is 0 Å². The third kappa shape index (κ3) is 5.91. The number of nitrogens with zero attached hydrogens (tertiary/aromatic N) is 2. The normalized spacial score (nSPS) is 12.2. The maximum absolute atomic E-state index is 12.5. The molecule has 5 nitrogen and oxygen atoms in total. The summed E-state index contributed by atoms with van der Waals surface area (Å²) in [4.78, 5) is 25.1. The Hall–Kier alpha value is -1.31. The van der Waals surface area contributed by atoms with Gasteiger partial charge in [-0.1, -0.05) is 0 Å². The Bertz CT molecular complexity index is 341. The van der Waals surface area contributed by atoms with E-state index in [1.54, 1.807) is 0 Å². The molecule has 19 heavy (non-hydrogen) atoms. The Morgan fingerprint density at radius 1 is 1.16 bits per heavy atom. The van der Waals surface area contributed by atoms with Gasteiger partial charge in [-0.25, -0.2) is 0 Å². The number of hydrogen-bond acceptors (Lipinski definition) is 3.